The smallest absolute Gasteiger partial charge is 0.347 e. The predicted molar refractivity (Wildman–Crippen MR) is 103 cm³/mol. The van der Waals surface area contributed by atoms with Crippen molar-refractivity contribution in [2.45, 2.75) is 6.42 Å². The Hall–Kier alpha value is -3.18. The number of benzene rings is 2. The van der Waals surface area contributed by atoms with Gasteiger partial charge in [-0.05, 0) is 48.0 Å². The highest BCUT2D eigenvalue weighted by atomic mass is 35.5. The topological polar surface area (TPSA) is 73.6 Å². The molecule has 3 rings (SSSR count). The standard InChI is InChI=1S/C21H15ClO5/c1-26-17-7-3-13(4-8-17)2-6-16(23)12-19(24)18-11-14-10-15(22)5-9-20(14)27-21(18)25/h2-11H,12H2,1H3/b6-2-. The monoisotopic (exact) mass is 382 g/mol. The van der Waals surface area contributed by atoms with Gasteiger partial charge in [0.1, 0.15) is 16.9 Å². The highest BCUT2D eigenvalue weighted by molar-refractivity contribution is 6.31. The molecule has 1 heterocycles. The van der Waals surface area contributed by atoms with Crippen LogP contribution in [-0.2, 0) is 4.79 Å². The summed E-state index contributed by atoms with van der Waals surface area (Å²) in [6.07, 6.45) is 2.47. The third kappa shape index (κ3) is 4.51. The number of methoxy groups -OCH3 is 1. The van der Waals surface area contributed by atoms with Crippen LogP contribution in [0.5, 0.6) is 5.75 Å². The highest BCUT2D eigenvalue weighted by Crippen LogP contribution is 2.19. The minimum absolute atomic E-state index is 0.170. The van der Waals surface area contributed by atoms with Crippen LogP contribution in [0.2, 0.25) is 5.02 Å². The van der Waals surface area contributed by atoms with Crippen LogP contribution in [0, 0.1) is 0 Å². The molecule has 0 unspecified atom stereocenters. The number of allylic oxidation sites excluding steroid dienone is 1. The lowest BCUT2D eigenvalue weighted by molar-refractivity contribution is -0.113. The zero-order valence-corrected chi connectivity index (χ0v) is 15.2. The van der Waals surface area contributed by atoms with Gasteiger partial charge in [-0.2, -0.15) is 0 Å². The summed E-state index contributed by atoms with van der Waals surface area (Å²) < 4.78 is 10.2. The fourth-order valence-corrected chi connectivity index (χ4v) is 2.69. The average molecular weight is 383 g/mol. The number of carbonyl (C=O) groups is 2. The number of ketones is 2. The maximum Gasteiger partial charge on any atom is 0.347 e. The van der Waals surface area contributed by atoms with E-state index in [2.05, 4.69) is 0 Å². The molecule has 0 saturated carbocycles. The molecule has 0 aliphatic heterocycles. The molecule has 0 aliphatic rings. The third-order valence-corrected chi connectivity index (χ3v) is 4.14. The molecule has 0 saturated heterocycles. The van der Waals surface area contributed by atoms with Crippen molar-refractivity contribution in [3.63, 3.8) is 0 Å². The summed E-state index contributed by atoms with van der Waals surface area (Å²) in [6.45, 7) is 0. The lowest BCUT2D eigenvalue weighted by Gasteiger charge is -2.01. The molecule has 136 valence electrons. The van der Waals surface area contributed by atoms with Crippen LogP contribution in [0.15, 0.2) is 63.8 Å². The molecule has 0 atom stereocenters. The summed E-state index contributed by atoms with van der Waals surface area (Å²) in [6, 6.07) is 13.2. The lowest BCUT2D eigenvalue weighted by atomic mass is 10.1. The zero-order valence-electron chi connectivity index (χ0n) is 14.4. The van der Waals surface area contributed by atoms with Gasteiger partial charge in [-0.1, -0.05) is 29.8 Å². The second-order valence-electron chi connectivity index (χ2n) is 5.80. The number of halogens is 1. The Labute approximate surface area is 159 Å². The summed E-state index contributed by atoms with van der Waals surface area (Å²) in [5.41, 5.74) is 0.167. The van der Waals surface area contributed by atoms with Gasteiger partial charge in [0.25, 0.3) is 0 Å². The minimum atomic E-state index is -0.776. The van der Waals surface area contributed by atoms with E-state index in [9.17, 15) is 14.4 Å². The van der Waals surface area contributed by atoms with E-state index >= 15 is 0 Å². The van der Waals surface area contributed by atoms with E-state index in [0.717, 1.165) is 5.56 Å². The first-order chi connectivity index (χ1) is 13.0. The summed E-state index contributed by atoms with van der Waals surface area (Å²) in [5.74, 6) is -0.312. The molecule has 1 aromatic heterocycles. The van der Waals surface area contributed by atoms with E-state index in [0.29, 0.717) is 21.7 Å². The largest absolute Gasteiger partial charge is 0.497 e. The van der Waals surface area contributed by atoms with Crippen molar-refractivity contribution in [3.8, 4) is 5.75 Å². The maximum atomic E-state index is 12.3. The van der Waals surface area contributed by atoms with E-state index in [-0.39, 0.29) is 5.56 Å². The van der Waals surface area contributed by atoms with Gasteiger partial charge in [0.15, 0.2) is 11.6 Å². The molecule has 2 aromatic carbocycles. The molecule has 5 nitrogen and oxygen atoms in total. The van der Waals surface area contributed by atoms with E-state index in [4.69, 9.17) is 20.8 Å². The van der Waals surface area contributed by atoms with E-state index in [1.807, 2.05) is 0 Å². The van der Waals surface area contributed by atoms with Crippen LogP contribution in [0.25, 0.3) is 17.0 Å². The Kier molecular flexibility index (Phi) is 5.52. The summed E-state index contributed by atoms with van der Waals surface area (Å²) in [5, 5.41) is 0.972. The van der Waals surface area contributed by atoms with Gasteiger partial charge in [0.2, 0.25) is 0 Å². The van der Waals surface area contributed by atoms with Crippen LogP contribution in [0.1, 0.15) is 22.3 Å². The van der Waals surface area contributed by atoms with Crippen LogP contribution in [0.4, 0.5) is 0 Å². The van der Waals surface area contributed by atoms with Crippen LogP contribution >= 0.6 is 11.6 Å². The van der Waals surface area contributed by atoms with Gasteiger partial charge >= 0.3 is 5.63 Å². The van der Waals surface area contributed by atoms with Gasteiger partial charge in [-0.15, -0.1) is 0 Å². The summed E-state index contributed by atoms with van der Waals surface area (Å²) in [4.78, 5) is 36.4. The van der Waals surface area contributed by atoms with Crippen LogP contribution in [-0.4, -0.2) is 18.7 Å². The van der Waals surface area contributed by atoms with Crippen LogP contribution < -0.4 is 10.4 Å². The predicted octanol–water partition coefficient (Wildman–Crippen LogP) is 4.31. The van der Waals surface area contributed by atoms with E-state index < -0.39 is 23.6 Å². The number of hydrogen-bond donors (Lipinski definition) is 0. The minimum Gasteiger partial charge on any atom is -0.497 e. The highest BCUT2D eigenvalue weighted by Gasteiger charge is 2.16. The molecule has 0 fully saturated rings. The van der Waals surface area contributed by atoms with E-state index in [1.165, 1.54) is 12.1 Å². The molecule has 0 amide bonds. The van der Waals surface area contributed by atoms with Gasteiger partial charge in [0.05, 0.1) is 13.5 Å². The Morgan fingerprint density at radius 1 is 1.11 bits per heavy atom. The SMILES string of the molecule is COc1ccc(/C=C\C(=O)CC(=O)c2cc3cc(Cl)ccc3oc2=O)cc1. The molecule has 0 radical (unpaired) electrons. The zero-order chi connectivity index (χ0) is 19.4. The van der Waals surface area contributed by atoms with Crippen molar-refractivity contribution in [3.05, 3.63) is 81.2 Å². The summed E-state index contributed by atoms with van der Waals surface area (Å²) in [7, 11) is 1.57. The molecule has 6 heteroatoms. The van der Waals surface area contributed by atoms with Crippen molar-refractivity contribution in [1.29, 1.82) is 0 Å². The summed E-state index contributed by atoms with van der Waals surface area (Å²) >= 11 is 5.92. The van der Waals surface area contributed by atoms with Crippen molar-refractivity contribution >= 4 is 40.2 Å². The van der Waals surface area contributed by atoms with Crippen molar-refractivity contribution in [2.75, 3.05) is 7.11 Å². The molecule has 0 aliphatic carbocycles. The Bertz CT molecular complexity index is 1090. The number of fused-ring (bicyclic) bond motifs is 1. The molecular weight excluding hydrogens is 368 g/mol. The fourth-order valence-electron chi connectivity index (χ4n) is 2.51. The first kappa shape index (κ1) is 18.6. The quantitative estimate of drug-likeness (QED) is 0.275. The molecule has 27 heavy (non-hydrogen) atoms. The maximum absolute atomic E-state index is 12.3. The van der Waals surface area contributed by atoms with Gasteiger partial charge in [-0.25, -0.2) is 4.79 Å². The van der Waals surface area contributed by atoms with Gasteiger partial charge < -0.3 is 9.15 Å². The average Bonchev–Trinajstić information content (AvgIpc) is 2.66. The second-order valence-corrected chi connectivity index (χ2v) is 6.24. The van der Waals surface area contributed by atoms with Crippen molar-refractivity contribution in [2.24, 2.45) is 0 Å². The van der Waals surface area contributed by atoms with Crippen molar-refractivity contribution < 1.29 is 18.7 Å². The Morgan fingerprint density at radius 2 is 1.85 bits per heavy atom. The number of ether oxygens (including phenoxy) is 1. The first-order valence-corrected chi connectivity index (χ1v) is 8.45. The normalized spacial score (nSPS) is 11.0. The number of carbonyl (C=O) groups excluding carboxylic acids is 2. The van der Waals surface area contributed by atoms with Crippen molar-refractivity contribution in [1.82, 2.24) is 0 Å². The molecule has 3 aromatic rings. The number of rotatable bonds is 6. The van der Waals surface area contributed by atoms with E-state index in [1.54, 1.807) is 55.7 Å². The lowest BCUT2D eigenvalue weighted by Crippen LogP contribution is -2.16. The Morgan fingerprint density at radius 3 is 2.56 bits per heavy atom. The van der Waals surface area contributed by atoms with Gasteiger partial charge in [0, 0.05) is 10.4 Å². The number of hydrogen-bond acceptors (Lipinski definition) is 5. The molecule has 0 spiro atoms. The van der Waals surface area contributed by atoms with Crippen LogP contribution in [0.3, 0.4) is 0 Å². The molecule has 0 N–H and O–H groups in total. The molecule has 0 bridgehead atoms. The Balaban J connectivity index is 1.75. The fraction of sp³-hybridized carbons (Fsp3) is 0.0952. The molecular formula is C21H15ClO5. The third-order valence-electron chi connectivity index (χ3n) is 3.91. The first-order valence-electron chi connectivity index (χ1n) is 8.08. The number of Topliss-reactive ketones (excluding diaryl/α,β-unsaturated/α-hetero) is 1. The second kappa shape index (κ2) is 8.01. The van der Waals surface area contributed by atoms with Gasteiger partial charge in [-0.3, -0.25) is 9.59 Å².